The van der Waals surface area contributed by atoms with Crippen molar-refractivity contribution in [2.75, 3.05) is 13.2 Å². The van der Waals surface area contributed by atoms with Gasteiger partial charge in [-0.1, -0.05) is 13.8 Å². The third kappa shape index (κ3) is 3.51. The smallest absolute Gasteiger partial charge is 0.126 e. The lowest BCUT2D eigenvalue weighted by atomic mass is 9.96. The summed E-state index contributed by atoms with van der Waals surface area (Å²) in [6.45, 7) is 5.98. The Bertz CT molecular complexity index is 334. The molecule has 0 aromatic heterocycles. The Morgan fingerprint density at radius 1 is 1.40 bits per heavy atom. The molecule has 0 aliphatic carbocycles. The van der Waals surface area contributed by atoms with Crippen LogP contribution in [0.3, 0.4) is 0 Å². The fourth-order valence-electron chi connectivity index (χ4n) is 1.03. The average Bonchev–Trinajstić information content (AvgIpc) is 2.20. The normalized spacial score (nSPS) is 11.5. The molecule has 0 spiro atoms. The molecule has 1 aromatic rings. The largest absolute Gasteiger partial charge is 0.493 e. The van der Waals surface area contributed by atoms with Gasteiger partial charge in [-0.15, -0.1) is 0 Å². The van der Waals surface area contributed by atoms with E-state index in [-0.39, 0.29) is 17.8 Å². The van der Waals surface area contributed by atoms with Crippen LogP contribution in [0, 0.1) is 18.2 Å². The molecule has 0 aliphatic heterocycles. The lowest BCUT2D eigenvalue weighted by molar-refractivity contribution is 0.0975. The molecule has 1 rings (SSSR count). The summed E-state index contributed by atoms with van der Waals surface area (Å²) in [6.07, 6.45) is 0. The molecule has 0 fully saturated rings. The SMILES string of the molecule is Cc1cc(OCC(C)(C)CO)ccc1F. The predicted octanol–water partition coefficient (Wildman–Crippen LogP) is 2.53. The Morgan fingerprint density at radius 2 is 2.07 bits per heavy atom. The fourth-order valence-corrected chi connectivity index (χ4v) is 1.03. The zero-order chi connectivity index (χ0) is 11.5. The number of hydrogen-bond donors (Lipinski definition) is 1. The van der Waals surface area contributed by atoms with Gasteiger partial charge in [-0.05, 0) is 30.7 Å². The summed E-state index contributed by atoms with van der Waals surface area (Å²) in [5.74, 6) is 0.402. The maximum Gasteiger partial charge on any atom is 0.126 e. The van der Waals surface area contributed by atoms with Gasteiger partial charge in [0, 0.05) is 5.41 Å². The zero-order valence-corrected chi connectivity index (χ0v) is 9.38. The van der Waals surface area contributed by atoms with Crippen molar-refractivity contribution in [3.05, 3.63) is 29.6 Å². The van der Waals surface area contributed by atoms with Crippen molar-refractivity contribution >= 4 is 0 Å². The Balaban J connectivity index is 2.62. The van der Waals surface area contributed by atoms with Gasteiger partial charge in [-0.3, -0.25) is 0 Å². The molecule has 3 heteroatoms. The highest BCUT2D eigenvalue weighted by Crippen LogP contribution is 2.20. The highest BCUT2D eigenvalue weighted by atomic mass is 19.1. The van der Waals surface area contributed by atoms with Gasteiger partial charge >= 0.3 is 0 Å². The van der Waals surface area contributed by atoms with E-state index in [0.29, 0.717) is 17.9 Å². The Labute approximate surface area is 89.7 Å². The van der Waals surface area contributed by atoms with Crippen LogP contribution in [0.2, 0.25) is 0 Å². The molecule has 0 atom stereocenters. The predicted molar refractivity (Wildman–Crippen MR) is 57.5 cm³/mol. The Hall–Kier alpha value is -1.09. The van der Waals surface area contributed by atoms with Crippen LogP contribution in [-0.2, 0) is 0 Å². The number of benzene rings is 1. The summed E-state index contributed by atoms with van der Waals surface area (Å²) >= 11 is 0. The van der Waals surface area contributed by atoms with Crippen molar-refractivity contribution in [3.63, 3.8) is 0 Å². The van der Waals surface area contributed by atoms with Crippen LogP contribution in [0.5, 0.6) is 5.75 Å². The maximum absolute atomic E-state index is 12.9. The lowest BCUT2D eigenvalue weighted by Crippen LogP contribution is -2.25. The first-order chi connectivity index (χ1) is 6.94. The quantitative estimate of drug-likeness (QED) is 0.831. The van der Waals surface area contributed by atoms with Crippen molar-refractivity contribution in [3.8, 4) is 5.75 Å². The second-order valence-corrected chi connectivity index (χ2v) is 4.52. The van der Waals surface area contributed by atoms with Crippen molar-refractivity contribution < 1.29 is 14.2 Å². The summed E-state index contributed by atoms with van der Waals surface area (Å²) in [6, 6.07) is 4.63. The standard InChI is InChI=1S/C12H17FO2/c1-9-6-10(4-5-11(9)13)15-8-12(2,3)7-14/h4-6,14H,7-8H2,1-3H3. The van der Waals surface area contributed by atoms with E-state index in [9.17, 15) is 4.39 Å². The van der Waals surface area contributed by atoms with Crippen molar-refractivity contribution in [1.82, 2.24) is 0 Å². The molecule has 0 bridgehead atoms. The van der Waals surface area contributed by atoms with Crippen molar-refractivity contribution in [2.24, 2.45) is 5.41 Å². The summed E-state index contributed by atoms with van der Waals surface area (Å²) in [5.41, 5.74) is 0.289. The number of aliphatic hydroxyl groups is 1. The molecule has 0 radical (unpaired) electrons. The molecule has 1 N–H and O–H groups in total. The summed E-state index contributed by atoms with van der Waals surface area (Å²) < 4.78 is 18.4. The molecule has 0 heterocycles. The fraction of sp³-hybridized carbons (Fsp3) is 0.500. The van der Waals surface area contributed by atoms with E-state index >= 15 is 0 Å². The van der Waals surface area contributed by atoms with Gasteiger partial charge in [0.05, 0.1) is 13.2 Å². The van der Waals surface area contributed by atoms with Gasteiger partial charge in [0.2, 0.25) is 0 Å². The van der Waals surface area contributed by atoms with E-state index in [1.807, 2.05) is 13.8 Å². The highest BCUT2D eigenvalue weighted by Gasteiger charge is 2.17. The van der Waals surface area contributed by atoms with E-state index in [2.05, 4.69) is 0 Å². The Kier molecular flexibility index (Phi) is 3.69. The van der Waals surface area contributed by atoms with E-state index in [4.69, 9.17) is 9.84 Å². The minimum atomic E-state index is -0.276. The molecular weight excluding hydrogens is 195 g/mol. The van der Waals surface area contributed by atoms with Gasteiger partial charge in [0.25, 0.3) is 0 Å². The summed E-state index contributed by atoms with van der Waals surface area (Å²) in [5, 5.41) is 9.03. The summed E-state index contributed by atoms with van der Waals surface area (Å²) in [7, 11) is 0. The number of hydrogen-bond acceptors (Lipinski definition) is 2. The first-order valence-corrected chi connectivity index (χ1v) is 4.94. The number of ether oxygens (including phenoxy) is 1. The first-order valence-electron chi connectivity index (χ1n) is 4.94. The average molecular weight is 212 g/mol. The summed E-state index contributed by atoms with van der Waals surface area (Å²) in [4.78, 5) is 0. The van der Waals surface area contributed by atoms with Crippen LogP contribution >= 0.6 is 0 Å². The monoisotopic (exact) mass is 212 g/mol. The number of aliphatic hydroxyl groups excluding tert-OH is 1. The van der Waals surface area contributed by atoms with Gasteiger partial charge in [-0.2, -0.15) is 0 Å². The maximum atomic E-state index is 12.9. The third-order valence-electron chi connectivity index (χ3n) is 2.19. The Morgan fingerprint density at radius 3 is 2.60 bits per heavy atom. The van der Waals surface area contributed by atoms with E-state index in [1.165, 1.54) is 6.07 Å². The van der Waals surface area contributed by atoms with Crippen LogP contribution < -0.4 is 4.74 Å². The highest BCUT2D eigenvalue weighted by molar-refractivity contribution is 5.28. The van der Waals surface area contributed by atoms with Gasteiger partial charge in [-0.25, -0.2) is 4.39 Å². The molecule has 0 amide bonds. The van der Waals surface area contributed by atoms with E-state index in [1.54, 1.807) is 19.1 Å². The zero-order valence-electron chi connectivity index (χ0n) is 9.38. The molecule has 84 valence electrons. The molecule has 0 unspecified atom stereocenters. The van der Waals surface area contributed by atoms with E-state index < -0.39 is 0 Å². The van der Waals surface area contributed by atoms with Crippen molar-refractivity contribution in [1.29, 1.82) is 0 Å². The van der Waals surface area contributed by atoms with Crippen molar-refractivity contribution in [2.45, 2.75) is 20.8 Å². The molecule has 2 nitrogen and oxygen atoms in total. The van der Waals surface area contributed by atoms with Gasteiger partial charge in [0.15, 0.2) is 0 Å². The number of halogens is 1. The topological polar surface area (TPSA) is 29.5 Å². The number of aryl methyl sites for hydroxylation is 1. The molecule has 0 saturated carbocycles. The molecule has 0 aliphatic rings. The van der Waals surface area contributed by atoms with Crippen LogP contribution in [0.25, 0.3) is 0 Å². The molecule has 0 saturated heterocycles. The van der Waals surface area contributed by atoms with Crippen LogP contribution in [0.4, 0.5) is 4.39 Å². The molecular formula is C12H17FO2. The first kappa shape index (κ1) is 12.0. The lowest BCUT2D eigenvalue weighted by Gasteiger charge is -2.21. The second kappa shape index (κ2) is 4.62. The molecule has 15 heavy (non-hydrogen) atoms. The van der Waals surface area contributed by atoms with Crippen LogP contribution in [-0.4, -0.2) is 18.3 Å². The minimum Gasteiger partial charge on any atom is -0.493 e. The second-order valence-electron chi connectivity index (χ2n) is 4.52. The van der Waals surface area contributed by atoms with Gasteiger partial charge < -0.3 is 9.84 Å². The number of rotatable bonds is 4. The van der Waals surface area contributed by atoms with E-state index in [0.717, 1.165) is 0 Å². The molecule has 1 aromatic carbocycles. The van der Waals surface area contributed by atoms with Crippen LogP contribution in [0.1, 0.15) is 19.4 Å². The van der Waals surface area contributed by atoms with Gasteiger partial charge in [0.1, 0.15) is 11.6 Å². The van der Waals surface area contributed by atoms with Crippen LogP contribution in [0.15, 0.2) is 18.2 Å². The third-order valence-corrected chi connectivity index (χ3v) is 2.19. The minimum absolute atomic E-state index is 0.0627.